The molecule has 0 spiro atoms. The van der Waals surface area contributed by atoms with Gasteiger partial charge in [-0.3, -0.25) is 4.79 Å². The number of Topliss-reactive ketones (excluding diaryl/α,β-unsaturated/α-hetero) is 1. The fourth-order valence-electron chi connectivity index (χ4n) is 1.90. The highest BCUT2D eigenvalue weighted by molar-refractivity contribution is 6.30. The molecule has 0 aromatic heterocycles. The summed E-state index contributed by atoms with van der Waals surface area (Å²) in [4.78, 5) is 11.8. The van der Waals surface area contributed by atoms with E-state index in [0.717, 1.165) is 18.2 Å². The van der Waals surface area contributed by atoms with Gasteiger partial charge in [0.15, 0.2) is 0 Å². The van der Waals surface area contributed by atoms with Gasteiger partial charge in [0.05, 0.1) is 5.02 Å². The topological polar surface area (TPSA) is 17.1 Å². The van der Waals surface area contributed by atoms with Crippen molar-refractivity contribution in [2.45, 2.75) is 12.8 Å². The molecule has 1 nitrogen and oxygen atoms in total. The quantitative estimate of drug-likeness (QED) is 0.830. The van der Waals surface area contributed by atoms with Gasteiger partial charge in [0.1, 0.15) is 23.2 Å². The van der Waals surface area contributed by atoms with E-state index in [9.17, 15) is 18.0 Å². The number of carbonyl (C=O) groups excluding carboxylic acids is 1. The lowest BCUT2D eigenvalue weighted by atomic mass is 10.0. The summed E-state index contributed by atoms with van der Waals surface area (Å²) in [6.07, 6.45) is -0.342. The van der Waals surface area contributed by atoms with Crippen molar-refractivity contribution in [3.8, 4) is 0 Å². The predicted molar refractivity (Wildman–Crippen MR) is 70.2 cm³/mol. The van der Waals surface area contributed by atoms with Gasteiger partial charge in [0, 0.05) is 18.9 Å². The zero-order valence-electron chi connectivity index (χ0n) is 10.3. The highest BCUT2D eigenvalue weighted by Crippen LogP contribution is 2.19. The molecule has 0 aliphatic carbocycles. The molecule has 0 radical (unpaired) electrons. The molecule has 0 saturated carbocycles. The first-order chi connectivity index (χ1) is 9.45. The molecule has 0 amide bonds. The van der Waals surface area contributed by atoms with Crippen molar-refractivity contribution in [1.29, 1.82) is 0 Å². The molecule has 0 fully saturated rings. The zero-order chi connectivity index (χ0) is 14.7. The maximum absolute atomic E-state index is 13.6. The lowest BCUT2D eigenvalue weighted by Crippen LogP contribution is -2.08. The van der Waals surface area contributed by atoms with Gasteiger partial charge in [-0.1, -0.05) is 23.7 Å². The van der Waals surface area contributed by atoms with Gasteiger partial charge in [-0.25, -0.2) is 13.2 Å². The average Bonchev–Trinajstić information content (AvgIpc) is 2.33. The zero-order valence-corrected chi connectivity index (χ0v) is 11.1. The molecule has 2 aromatic carbocycles. The summed E-state index contributed by atoms with van der Waals surface area (Å²) >= 11 is 5.61. The van der Waals surface area contributed by atoms with Crippen LogP contribution in [0.4, 0.5) is 13.2 Å². The van der Waals surface area contributed by atoms with E-state index in [0.29, 0.717) is 0 Å². The number of ketones is 1. The third-order valence-corrected chi connectivity index (χ3v) is 3.03. The first kappa shape index (κ1) is 14.6. The third-order valence-electron chi connectivity index (χ3n) is 2.74. The normalized spacial score (nSPS) is 10.6. The van der Waals surface area contributed by atoms with Crippen LogP contribution in [0.15, 0.2) is 36.4 Å². The fourth-order valence-corrected chi connectivity index (χ4v) is 2.09. The van der Waals surface area contributed by atoms with Crippen molar-refractivity contribution in [2.75, 3.05) is 0 Å². The Balaban J connectivity index is 2.11. The molecule has 104 valence electrons. The van der Waals surface area contributed by atoms with E-state index < -0.39 is 17.5 Å². The minimum atomic E-state index is -0.748. The highest BCUT2D eigenvalue weighted by Gasteiger charge is 2.12. The molecule has 2 rings (SSSR count). The van der Waals surface area contributed by atoms with Crippen molar-refractivity contribution < 1.29 is 18.0 Å². The van der Waals surface area contributed by atoms with Crippen LogP contribution in [0, 0.1) is 17.5 Å². The van der Waals surface area contributed by atoms with E-state index in [1.165, 1.54) is 18.2 Å². The Morgan fingerprint density at radius 1 is 1.00 bits per heavy atom. The second-order valence-electron chi connectivity index (χ2n) is 4.38. The Hall–Kier alpha value is -1.81. The summed E-state index contributed by atoms with van der Waals surface area (Å²) in [7, 11) is 0. The number of halogens is 4. The Morgan fingerprint density at radius 2 is 1.65 bits per heavy atom. The first-order valence-corrected chi connectivity index (χ1v) is 6.23. The monoisotopic (exact) mass is 298 g/mol. The number of rotatable bonds is 4. The van der Waals surface area contributed by atoms with Crippen LogP contribution in [-0.4, -0.2) is 5.78 Å². The summed E-state index contributed by atoms with van der Waals surface area (Å²) in [5.74, 6) is -2.49. The van der Waals surface area contributed by atoms with Crippen LogP contribution in [0.5, 0.6) is 0 Å². The molecule has 0 bridgehead atoms. The predicted octanol–water partition coefficient (Wildman–Crippen LogP) is 4.11. The van der Waals surface area contributed by atoms with E-state index in [-0.39, 0.29) is 34.8 Å². The Labute approximate surface area is 119 Å². The number of carbonyl (C=O) groups is 1. The van der Waals surface area contributed by atoms with Gasteiger partial charge in [0.25, 0.3) is 0 Å². The molecule has 0 saturated heterocycles. The summed E-state index contributed by atoms with van der Waals surface area (Å²) in [6, 6.07) is 7.25. The minimum absolute atomic E-state index is 0.0629. The average molecular weight is 299 g/mol. The van der Waals surface area contributed by atoms with Crippen molar-refractivity contribution in [3.05, 3.63) is 70.0 Å². The van der Waals surface area contributed by atoms with E-state index >= 15 is 0 Å². The molecule has 0 aliphatic heterocycles. The molecule has 2 aromatic rings. The maximum atomic E-state index is 13.6. The van der Waals surface area contributed by atoms with Gasteiger partial charge >= 0.3 is 0 Å². The maximum Gasteiger partial charge on any atom is 0.145 e. The number of hydrogen-bond donors (Lipinski definition) is 0. The molecule has 5 heteroatoms. The summed E-state index contributed by atoms with van der Waals surface area (Å²) in [6.45, 7) is 0. The van der Waals surface area contributed by atoms with Crippen molar-refractivity contribution in [3.63, 3.8) is 0 Å². The van der Waals surface area contributed by atoms with Crippen LogP contribution in [0.3, 0.4) is 0 Å². The van der Waals surface area contributed by atoms with Crippen molar-refractivity contribution in [2.24, 2.45) is 0 Å². The highest BCUT2D eigenvalue weighted by atomic mass is 35.5. The molecule has 0 N–H and O–H groups in total. The Morgan fingerprint density at radius 3 is 2.30 bits per heavy atom. The van der Waals surface area contributed by atoms with Gasteiger partial charge in [-0.15, -0.1) is 0 Å². The van der Waals surface area contributed by atoms with Crippen LogP contribution in [0.2, 0.25) is 5.02 Å². The fraction of sp³-hybridized carbons (Fsp3) is 0.133. The van der Waals surface area contributed by atoms with E-state index in [4.69, 9.17) is 11.6 Å². The largest absolute Gasteiger partial charge is 0.299 e. The van der Waals surface area contributed by atoms with Gasteiger partial charge < -0.3 is 0 Å². The molecular weight excluding hydrogens is 289 g/mol. The Bertz CT molecular complexity index is 635. The van der Waals surface area contributed by atoms with Crippen molar-refractivity contribution >= 4 is 17.4 Å². The van der Waals surface area contributed by atoms with Crippen molar-refractivity contribution in [1.82, 2.24) is 0 Å². The number of hydrogen-bond acceptors (Lipinski definition) is 1. The summed E-state index contributed by atoms with van der Waals surface area (Å²) in [5.41, 5.74) is 0.384. The van der Waals surface area contributed by atoms with Gasteiger partial charge in [0.2, 0.25) is 0 Å². The SMILES string of the molecule is O=C(Cc1cc(F)cc(F)c1)Cc1cccc(Cl)c1F. The lowest BCUT2D eigenvalue weighted by molar-refractivity contribution is -0.117. The van der Waals surface area contributed by atoms with Crippen LogP contribution >= 0.6 is 11.6 Å². The van der Waals surface area contributed by atoms with Crippen LogP contribution in [0.25, 0.3) is 0 Å². The van der Waals surface area contributed by atoms with Crippen LogP contribution in [-0.2, 0) is 17.6 Å². The summed E-state index contributed by atoms with van der Waals surface area (Å²) in [5, 5.41) is -0.0629. The number of benzene rings is 2. The third kappa shape index (κ3) is 3.61. The van der Waals surface area contributed by atoms with Crippen LogP contribution < -0.4 is 0 Å². The summed E-state index contributed by atoms with van der Waals surface area (Å²) < 4.78 is 39.6. The molecule has 0 unspecified atom stereocenters. The molecular formula is C15H10ClF3O. The van der Waals surface area contributed by atoms with Crippen LogP contribution in [0.1, 0.15) is 11.1 Å². The standard InChI is InChI=1S/C15H10ClF3O/c16-14-3-1-2-10(15(14)19)7-13(20)6-9-4-11(17)8-12(18)5-9/h1-5,8H,6-7H2. The second-order valence-corrected chi connectivity index (χ2v) is 4.79. The second kappa shape index (κ2) is 6.09. The molecule has 0 aliphatic rings. The van der Waals surface area contributed by atoms with E-state index in [1.54, 1.807) is 0 Å². The lowest BCUT2D eigenvalue weighted by Gasteiger charge is -2.05. The smallest absolute Gasteiger partial charge is 0.145 e. The molecule has 20 heavy (non-hydrogen) atoms. The van der Waals surface area contributed by atoms with E-state index in [2.05, 4.69) is 0 Å². The molecule has 0 atom stereocenters. The van der Waals surface area contributed by atoms with E-state index in [1.807, 2.05) is 0 Å². The first-order valence-electron chi connectivity index (χ1n) is 5.85. The minimum Gasteiger partial charge on any atom is -0.299 e. The Kier molecular flexibility index (Phi) is 4.45. The van der Waals surface area contributed by atoms with Gasteiger partial charge in [-0.05, 0) is 29.3 Å². The molecule has 0 heterocycles. The van der Waals surface area contributed by atoms with Gasteiger partial charge in [-0.2, -0.15) is 0 Å².